The summed E-state index contributed by atoms with van der Waals surface area (Å²) in [7, 11) is 0. The molecule has 0 spiro atoms. The van der Waals surface area contributed by atoms with Gasteiger partial charge in [0.15, 0.2) is 0 Å². The van der Waals surface area contributed by atoms with E-state index in [1.807, 2.05) is 24.3 Å². The van der Waals surface area contributed by atoms with Gasteiger partial charge in [-0.1, -0.05) is 18.2 Å². The minimum absolute atomic E-state index is 1.01. The van der Waals surface area contributed by atoms with Crippen LogP contribution in [0.4, 0.5) is 0 Å². The van der Waals surface area contributed by atoms with Crippen LogP contribution < -0.4 is 5.14 Å². The van der Waals surface area contributed by atoms with E-state index in [-0.39, 0.29) is 0 Å². The summed E-state index contributed by atoms with van der Waals surface area (Å²) in [5, 5.41) is 7.61. The lowest BCUT2D eigenvalue weighted by molar-refractivity contribution is 1.24. The number of hydrogen-bond acceptors (Lipinski definition) is 2. The van der Waals surface area contributed by atoms with Gasteiger partial charge in [-0.05, 0) is 24.1 Å². The quantitative estimate of drug-likeness (QED) is 0.634. The summed E-state index contributed by atoms with van der Waals surface area (Å²) in [5.41, 5.74) is 1.14. The normalized spacial score (nSPS) is 10.6. The molecule has 11 heavy (non-hydrogen) atoms. The highest BCUT2D eigenvalue weighted by molar-refractivity contribution is 7.97. The molecule has 1 aromatic carbocycles. The fourth-order valence-corrected chi connectivity index (χ4v) is 1.47. The maximum atomic E-state index is 5.40. The SMILES string of the molecule is NSc1cc2ccccc2[nH]1. The third-order valence-electron chi connectivity index (χ3n) is 1.63. The fourth-order valence-electron chi connectivity index (χ4n) is 1.11. The highest BCUT2D eigenvalue weighted by Gasteiger charge is 1.96. The molecule has 0 saturated carbocycles. The van der Waals surface area contributed by atoms with Crippen LogP contribution in [0.2, 0.25) is 0 Å². The summed E-state index contributed by atoms with van der Waals surface area (Å²) in [6, 6.07) is 10.2. The Morgan fingerprint density at radius 2 is 2.09 bits per heavy atom. The van der Waals surface area contributed by atoms with Gasteiger partial charge in [-0.25, -0.2) is 0 Å². The largest absolute Gasteiger partial charge is 0.349 e. The molecule has 3 heteroatoms. The molecule has 0 aliphatic carbocycles. The second-order valence-corrected chi connectivity index (χ2v) is 3.01. The number of H-pyrrole nitrogens is 1. The summed E-state index contributed by atoms with van der Waals surface area (Å²) in [6.45, 7) is 0. The Morgan fingerprint density at radius 3 is 2.82 bits per heavy atom. The smallest absolute Gasteiger partial charge is 0.0883 e. The molecule has 0 radical (unpaired) electrons. The molecule has 0 aliphatic heterocycles. The van der Waals surface area contributed by atoms with Gasteiger partial charge in [-0.3, -0.25) is 5.14 Å². The Kier molecular flexibility index (Phi) is 1.60. The zero-order valence-corrected chi connectivity index (χ0v) is 6.69. The lowest BCUT2D eigenvalue weighted by Gasteiger charge is -1.84. The molecule has 0 saturated heterocycles. The van der Waals surface area contributed by atoms with E-state index >= 15 is 0 Å². The highest BCUT2D eigenvalue weighted by Crippen LogP contribution is 2.18. The number of rotatable bonds is 1. The van der Waals surface area contributed by atoms with Crippen LogP contribution in [0.3, 0.4) is 0 Å². The second kappa shape index (κ2) is 2.60. The van der Waals surface area contributed by atoms with Gasteiger partial charge in [0.1, 0.15) is 0 Å². The van der Waals surface area contributed by atoms with Crippen LogP contribution in [0.25, 0.3) is 10.9 Å². The molecule has 1 heterocycles. The van der Waals surface area contributed by atoms with E-state index in [0.29, 0.717) is 0 Å². The number of aromatic amines is 1. The van der Waals surface area contributed by atoms with Gasteiger partial charge in [-0.2, -0.15) is 0 Å². The van der Waals surface area contributed by atoms with E-state index in [1.54, 1.807) is 0 Å². The van der Waals surface area contributed by atoms with Crippen molar-refractivity contribution in [1.29, 1.82) is 0 Å². The van der Waals surface area contributed by atoms with Crippen molar-refractivity contribution in [3.05, 3.63) is 30.3 Å². The van der Waals surface area contributed by atoms with E-state index in [2.05, 4.69) is 11.1 Å². The van der Waals surface area contributed by atoms with Gasteiger partial charge >= 0.3 is 0 Å². The molecule has 0 bridgehead atoms. The first-order valence-corrected chi connectivity index (χ1v) is 4.22. The van der Waals surface area contributed by atoms with Crippen molar-refractivity contribution in [2.75, 3.05) is 0 Å². The van der Waals surface area contributed by atoms with Crippen LogP contribution >= 0.6 is 11.9 Å². The van der Waals surface area contributed by atoms with Gasteiger partial charge in [-0.15, -0.1) is 0 Å². The number of nitrogens with two attached hydrogens (primary N) is 1. The van der Waals surface area contributed by atoms with Crippen molar-refractivity contribution in [3.63, 3.8) is 0 Å². The maximum absolute atomic E-state index is 5.40. The first-order valence-electron chi connectivity index (χ1n) is 3.34. The maximum Gasteiger partial charge on any atom is 0.0883 e. The third kappa shape index (κ3) is 1.13. The number of benzene rings is 1. The Balaban J connectivity index is 2.69. The number of para-hydroxylation sites is 1. The highest BCUT2D eigenvalue weighted by atomic mass is 32.2. The number of fused-ring (bicyclic) bond motifs is 1. The molecular weight excluding hydrogens is 156 g/mol. The number of aromatic nitrogens is 1. The summed E-state index contributed by atoms with van der Waals surface area (Å²) >= 11 is 1.24. The van der Waals surface area contributed by atoms with Crippen molar-refractivity contribution in [3.8, 4) is 0 Å². The van der Waals surface area contributed by atoms with Crippen molar-refractivity contribution >= 4 is 22.9 Å². The summed E-state index contributed by atoms with van der Waals surface area (Å²) in [4.78, 5) is 3.18. The van der Waals surface area contributed by atoms with Crippen LogP contribution in [0.5, 0.6) is 0 Å². The molecule has 1 aromatic heterocycles. The predicted octanol–water partition coefficient (Wildman–Crippen LogP) is 2.13. The summed E-state index contributed by atoms with van der Waals surface area (Å²) in [5.74, 6) is 0. The molecule has 0 atom stereocenters. The summed E-state index contributed by atoms with van der Waals surface area (Å²) in [6.07, 6.45) is 0. The van der Waals surface area contributed by atoms with Gasteiger partial charge in [0, 0.05) is 10.9 Å². The van der Waals surface area contributed by atoms with Crippen molar-refractivity contribution in [1.82, 2.24) is 4.98 Å². The Labute approximate surface area is 68.9 Å². The zero-order chi connectivity index (χ0) is 7.68. The number of hydrogen-bond donors (Lipinski definition) is 2. The van der Waals surface area contributed by atoms with Crippen molar-refractivity contribution < 1.29 is 0 Å². The lowest BCUT2D eigenvalue weighted by Crippen LogP contribution is -1.76. The molecular formula is C8H8N2S. The molecule has 2 rings (SSSR count). The Hall–Kier alpha value is -0.930. The van der Waals surface area contributed by atoms with Crippen LogP contribution in [0, 0.1) is 0 Å². The van der Waals surface area contributed by atoms with E-state index in [0.717, 1.165) is 10.5 Å². The lowest BCUT2D eigenvalue weighted by atomic mass is 10.3. The Morgan fingerprint density at radius 1 is 1.27 bits per heavy atom. The molecule has 2 nitrogen and oxygen atoms in total. The molecule has 0 amide bonds. The standard InChI is InChI=1S/C8H8N2S/c9-11-8-5-6-3-1-2-4-7(6)10-8/h1-5,10H,9H2. The molecule has 2 aromatic rings. The summed E-state index contributed by atoms with van der Waals surface area (Å²) < 4.78 is 0. The molecule has 0 aliphatic rings. The monoisotopic (exact) mass is 164 g/mol. The van der Waals surface area contributed by atoms with Gasteiger partial charge in [0.05, 0.1) is 5.03 Å². The van der Waals surface area contributed by atoms with E-state index in [1.165, 1.54) is 17.3 Å². The van der Waals surface area contributed by atoms with E-state index in [4.69, 9.17) is 5.14 Å². The molecule has 56 valence electrons. The average molecular weight is 164 g/mol. The van der Waals surface area contributed by atoms with Gasteiger partial charge in [0.2, 0.25) is 0 Å². The molecule has 0 fully saturated rings. The van der Waals surface area contributed by atoms with Crippen molar-refractivity contribution in [2.24, 2.45) is 5.14 Å². The second-order valence-electron chi connectivity index (χ2n) is 2.34. The van der Waals surface area contributed by atoms with E-state index in [9.17, 15) is 0 Å². The van der Waals surface area contributed by atoms with Crippen LogP contribution in [-0.4, -0.2) is 4.98 Å². The third-order valence-corrected chi connectivity index (χ3v) is 2.11. The molecule has 0 unspecified atom stereocenters. The van der Waals surface area contributed by atoms with Crippen LogP contribution in [-0.2, 0) is 0 Å². The van der Waals surface area contributed by atoms with Crippen molar-refractivity contribution in [2.45, 2.75) is 5.03 Å². The molecule has 3 N–H and O–H groups in total. The topological polar surface area (TPSA) is 41.8 Å². The first-order chi connectivity index (χ1) is 5.40. The van der Waals surface area contributed by atoms with E-state index < -0.39 is 0 Å². The minimum Gasteiger partial charge on any atom is -0.349 e. The number of nitrogens with one attached hydrogen (secondary N) is 1. The fraction of sp³-hybridized carbons (Fsp3) is 0. The van der Waals surface area contributed by atoms with Gasteiger partial charge < -0.3 is 4.98 Å². The Bertz CT molecular complexity index is 334. The zero-order valence-electron chi connectivity index (χ0n) is 5.87. The predicted molar refractivity (Wildman–Crippen MR) is 48.3 cm³/mol. The van der Waals surface area contributed by atoms with Crippen LogP contribution in [0.1, 0.15) is 0 Å². The van der Waals surface area contributed by atoms with Crippen LogP contribution in [0.15, 0.2) is 35.4 Å². The average Bonchev–Trinajstić information content (AvgIpc) is 2.46. The minimum atomic E-state index is 1.01. The van der Waals surface area contributed by atoms with Gasteiger partial charge in [0.25, 0.3) is 0 Å². The first kappa shape index (κ1) is 6.76.